The lowest BCUT2D eigenvalue weighted by Crippen LogP contribution is -2.30. The van der Waals surface area contributed by atoms with E-state index in [9.17, 15) is 4.79 Å². The van der Waals surface area contributed by atoms with Gasteiger partial charge in [0.15, 0.2) is 11.5 Å². The Morgan fingerprint density at radius 3 is 2.76 bits per heavy atom. The number of rotatable bonds is 4. The van der Waals surface area contributed by atoms with Crippen LogP contribution >= 0.6 is 0 Å². The third kappa shape index (κ3) is 3.47. The topological polar surface area (TPSA) is 73.3 Å². The van der Waals surface area contributed by atoms with Crippen molar-refractivity contribution >= 4 is 11.9 Å². The van der Waals surface area contributed by atoms with Crippen molar-refractivity contribution in [3.05, 3.63) is 42.7 Å². The molecule has 108 valence electrons. The van der Waals surface area contributed by atoms with Crippen molar-refractivity contribution in [3.63, 3.8) is 0 Å². The van der Waals surface area contributed by atoms with Gasteiger partial charge in [-0.25, -0.2) is 9.97 Å². The van der Waals surface area contributed by atoms with Crippen LogP contribution in [0.1, 0.15) is 12.8 Å². The SMILES string of the molecule is O=C(CC[C@H]1COc2ccccc2O1)Nc1ncccn1. The summed E-state index contributed by atoms with van der Waals surface area (Å²) in [5, 5.41) is 2.64. The van der Waals surface area contributed by atoms with Gasteiger partial charge < -0.3 is 9.47 Å². The van der Waals surface area contributed by atoms with E-state index in [1.165, 1.54) is 0 Å². The molecular weight excluding hydrogens is 270 g/mol. The highest BCUT2D eigenvalue weighted by molar-refractivity contribution is 5.88. The lowest BCUT2D eigenvalue weighted by Gasteiger charge is -2.26. The number of anilines is 1. The fourth-order valence-corrected chi connectivity index (χ4v) is 2.05. The second-order valence-corrected chi connectivity index (χ2v) is 4.66. The molecule has 6 nitrogen and oxygen atoms in total. The number of hydrogen-bond acceptors (Lipinski definition) is 5. The average Bonchev–Trinajstić information content (AvgIpc) is 2.54. The molecule has 1 aromatic carbocycles. The smallest absolute Gasteiger partial charge is 0.229 e. The van der Waals surface area contributed by atoms with E-state index in [0.717, 1.165) is 11.5 Å². The van der Waals surface area contributed by atoms with E-state index in [4.69, 9.17) is 9.47 Å². The van der Waals surface area contributed by atoms with Crippen molar-refractivity contribution in [2.75, 3.05) is 11.9 Å². The summed E-state index contributed by atoms with van der Waals surface area (Å²) in [5.74, 6) is 1.65. The first-order chi connectivity index (χ1) is 10.3. The first-order valence-corrected chi connectivity index (χ1v) is 6.76. The van der Waals surface area contributed by atoms with Gasteiger partial charge in [0.05, 0.1) is 0 Å². The molecule has 0 bridgehead atoms. The number of carbonyl (C=O) groups excluding carboxylic acids is 1. The fraction of sp³-hybridized carbons (Fsp3) is 0.267. The van der Waals surface area contributed by atoms with Gasteiger partial charge in [0.1, 0.15) is 12.7 Å². The normalized spacial score (nSPS) is 16.3. The highest BCUT2D eigenvalue weighted by Crippen LogP contribution is 2.31. The number of nitrogens with zero attached hydrogens (tertiary/aromatic N) is 2. The number of para-hydroxylation sites is 2. The van der Waals surface area contributed by atoms with E-state index in [2.05, 4.69) is 15.3 Å². The van der Waals surface area contributed by atoms with E-state index in [1.807, 2.05) is 24.3 Å². The highest BCUT2D eigenvalue weighted by atomic mass is 16.6. The van der Waals surface area contributed by atoms with E-state index in [-0.39, 0.29) is 12.0 Å². The molecule has 0 unspecified atom stereocenters. The van der Waals surface area contributed by atoms with Gasteiger partial charge in [0.2, 0.25) is 11.9 Å². The van der Waals surface area contributed by atoms with Gasteiger partial charge >= 0.3 is 0 Å². The Kier molecular flexibility index (Phi) is 3.95. The molecule has 21 heavy (non-hydrogen) atoms. The maximum absolute atomic E-state index is 11.8. The molecule has 1 aromatic heterocycles. The molecule has 0 spiro atoms. The van der Waals surface area contributed by atoms with Gasteiger partial charge in [-0.1, -0.05) is 12.1 Å². The van der Waals surface area contributed by atoms with Crippen LogP contribution in [-0.2, 0) is 4.79 Å². The summed E-state index contributed by atoms with van der Waals surface area (Å²) in [4.78, 5) is 19.7. The van der Waals surface area contributed by atoms with Crippen molar-refractivity contribution in [2.24, 2.45) is 0 Å². The Morgan fingerprint density at radius 1 is 1.19 bits per heavy atom. The number of ether oxygens (including phenoxy) is 2. The Bertz CT molecular complexity index is 619. The minimum Gasteiger partial charge on any atom is -0.486 e. The second-order valence-electron chi connectivity index (χ2n) is 4.66. The van der Waals surface area contributed by atoms with Crippen molar-refractivity contribution in [2.45, 2.75) is 18.9 Å². The molecule has 1 atom stereocenters. The van der Waals surface area contributed by atoms with Crippen LogP contribution in [-0.4, -0.2) is 28.6 Å². The molecule has 0 saturated heterocycles. The van der Waals surface area contributed by atoms with Gasteiger partial charge in [0.25, 0.3) is 0 Å². The van der Waals surface area contributed by atoms with E-state index < -0.39 is 0 Å². The molecule has 2 heterocycles. The predicted molar refractivity (Wildman–Crippen MR) is 76.2 cm³/mol. The molecule has 0 radical (unpaired) electrons. The number of hydrogen-bond donors (Lipinski definition) is 1. The summed E-state index contributed by atoms with van der Waals surface area (Å²) in [7, 11) is 0. The Balaban J connectivity index is 1.49. The number of aromatic nitrogens is 2. The maximum atomic E-state index is 11.8. The number of nitrogens with one attached hydrogen (secondary N) is 1. The minimum absolute atomic E-state index is 0.123. The molecule has 1 aliphatic rings. The first kappa shape index (κ1) is 13.4. The number of fused-ring (bicyclic) bond motifs is 1. The van der Waals surface area contributed by atoms with Crippen LogP contribution in [0.2, 0.25) is 0 Å². The molecule has 2 aromatic rings. The van der Waals surface area contributed by atoms with E-state index in [1.54, 1.807) is 18.5 Å². The van der Waals surface area contributed by atoms with Gasteiger partial charge in [-0.05, 0) is 24.6 Å². The van der Waals surface area contributed by atoms with Gasteiger partial charge in [0, 0.05) is 18.8 Å². The molecule has 1 amide bonds. The van der Waals surface area contributed by atoms with E-state index >= 15 is 0 Å². The molecule has 0 saturated carbocycles. The molecule has 0 fully saturated rings. The fourth-order valence-electron chi connectivity index (χ4n) is 2.05. The minimum atomic E-state index is -0.136. The summed E-state index contributed by atoms with van der Waals surface area (Å²) in [6.07, 6.45) is 3.94. The van der Waals surface area contributed by atoms with Crippen LogP contribution in [0.25, 0.3) is 0 Å². The van der Waals surface area contributed by atoms with Crippen LogP contribution in [0.4, 0.5) is 5.95 Å². The maximum Gasteiger partial charge on any atom is 0.229 e. The van der Waals surface area contributed by atoms with Gasteiger partial charge in [-0.15, -0.1) is 0 Å². The zero-order valence-corrected chi connectivity index (χ0v) is 11.4. The molecule has 3 rings (SSSR count). The van der Waals surface area contributed by atoms with Crippen LogP contribution in [0.5, 0.6) is 11.5 Å². The Labute approximate surface area is 122 Å². The Hall–Kier alpha value is -2.63. The molecule has 1 N–H and O–H groups in total. The standard InChI is InChI=1S/C15H15N3O3/c19-14(18-15-16-8-3-9-17-15)7-6-11-10-20-12-4-1-2-5-13(12)21-11/h1-5,8-9,11H,6-7,10H2,(H,16,17,18,19)/t11-/m0/s1. The number of carbonyl (C=O) groups is 1. The van der Waals surface area contributed by atoms with Gasteiger partial charge in [-0.2, -0.15) is 0 Å². The van der Waals surface area contributed by atoms with E-state index in [0.29, 0.717) is 25.4 Å². The predicted octanol–water partition coefficient (Wildman–Crippen LogP) is 2.04. The lowest BCUT2D eigenvalue weighted by molar-refractivity contribution is -0.116. The third-order valence-corrected chi connectivity index (χ3v) is 3.08. The number of benzene rings is 1. The number of amides is 1. The van der Waals surface area contributed by atoms with Crippen molar-refractivity contribution < 1.29 is 14.3 Å². The summed E-state index contributed by atoms with van der Waals surface area (Å²) in [6, 6.07) is 9.21. The zero-order valence-electron chi connectivity index (χ0n) is 11.4. The van der Waals surface area contributed by atoms with Crippen molar-refractivity contribution in [1.82, 2.24) is 9.97 Å². The highest BCUT2D eigenvalue weighted by Gasteiger charge is 2.21. The molecule has 6 heteroatoms. The van der Waals surface area contributed by atoms with Crippen LogP contribution in [0.3, 0.4) is 0 Å². The lowest BCUT2D eigenvalue weighted by atomic mass is 10.1. The van der Waals surface area contributed by atoms with Crippen LogP contribution in [0.15, 0.2) is 42.7 Å². The first-order valence-electron chi connectivity index (χ1n) is 6.76. The Morgan fingerprint density at radius 2 is 1.95 bits per heavy atom. The molecular formula is C15H15N3O3. The summed E-state index contributed by atoms with van der Waals surface area (Å²) < 4.78 is 11.4. The molecule has 0 aliphatic carbocycles. The molecule has 1 aliphatic heterocycles. The van der Waals surface area contributed by atoms with Crippen LogP contribution < -0.4 is 14.8 Å². The summed E-state index contributed by atoms with van der Waals surface area (Å²) >= 11 is 0. The average molecular weight is 285 g/mol. The van der Waals surface area contributed by atoms with Crippen molar-refractivity contribution in [3.8, 4) is 11.5 Å². The quantitative estimate of drug-likeness (QED) is 0.930. The van der Waals surface area contributed by atoms with Gasteiger partial charge in [-0.3, -0.25) is 10.1 Å². The third-order valence-electron chi connectivity index (χ3n) is 3.08. The zero-order chi connectivity index (χ0) is 14.5. The second kappa shape index (κ2) is 6.21. The van der Waals surface area contributed by atoms with Crippen LogP contribution in [0, 0.1) is 0 Å². The van der Waals surface area contributed by atoms with Crippen molar-refractivity contribution in [1.29, 1.82) is 0 Å². The summed E-state index contributed by atoms with van der Waals surface area (Å²) in [6.45, 7) is 0.451. The largest absolute Gasteiger partial charge is 0.486 e. The monoisotopic (exact) mass is 285 g/mol. The summed E-state index contributed by atoms with van der Waals surface area (Å²) in [5.41, 5.74) is 0.